The zero-order valence-electron chi connectivity index (χ0n) is 11.1. The summed E-state index contributed by atoms with van der Waals surface area (Å²) in [5.41, 5.74) is 1.69. The van der Waals surface area contributed by atoms with Crippen LogP contribution in [0.3, 0.4) is 0 Å². The van der Waals surface area contributed by atoms with Crippen molar-refractivity contribution in [3.8, 4) is 11.3 Å². The van der Waals surface area contributed by atoms with Crippen LogP contribution in [0.5, 0.6) is 0 Å². The normalized spacial score (nSPS) is 11.5. The SMILES string of the molecule is O=S(=O)(CCCCCl)Nc1nc(-c2cccc(Br)c2)cs1. The van der Waals surface area contributed by atoms with E-state index in [1.165, 1.54) is 11.3 Å². The zero-order chi connectivity index (χ0) is 15.3. The van der Waals surface area contributed by atoms with Gasteiger partial charge >= 0.3 is 0 Å². The molecular formula is C13H14BrClN2O2S2. The number of unbranched alkanes of at least 4 members (excludes halogenated alkanes) is 1. The van der Waals surface area contributed by atoms with Crippen molar-refractivity contribution in [1.29, 1.82) is 0 Å². The average Bonchev–Trinajstić information content (AvgIpc) is 2.86. The second-order valence-corrected chi connectivity index (χ2v) is 8.36. The largest absolute Gasteiger partial charge is 0.259 e. The second-order valence-electron chi connectivity index (χ2n) is 4.37. The van der Waals surface area contributed by atoms with E-state index in [-0.39, 0.29) is 5.75 Å². The standard InChI is InChI=1S/C13H14BrClN2O2S2/c14-11-5-3-4-10(8-11)12-9-20-13(16-12)17-21(18,19)7-2-1-6-15/h3-5,8-9H,1-2,6-7H2,(H,16,17). The Balaban J connectivity index is 2.06. The van der Waals surface area contributed by atoms with Gasteiger partial charge in [-0.25, -0.2) is 13.4 Å². The van der Waals surface area contributed by atoms with Crippen molar-refractivity contribution in [3.05, 3.63) is 34.1 Å². The van der Waals surface area contributed by atoms with Crippen LogP contribution in [0.2, 0.25) is 0 Å². The van der Waals surface area contributed by atoms with Crippen LogP contribution in [0.25, 0.3) is 11.3 Å². The molecule has 0 saturated heterocycles. The number of nitrogens with one attached hydrogen (secondary N) is 1. The van der Waals surface area contributed by atoms with Crippen LogP contribution in [-0.4, -0.2) is 25.0 Å². The number of alkyl halides is 1. The molecule has 0 aliphatic carbocycles. The Kier molecular flexibility index (Phi) is 6.04. The Labute approximate surface area is 141 Å². The molecule has 21 heavy (non-hydrogen) atoms. The number of aromatic nitrogens is 1. The lowest BCUT2D eigenvalue weighted by molar-refractivity contribution is 0.598. The van der Waals surface area contributed by atoms with Crippen molar-refractivity contribution < 1.29 is 8.42 Å². The van der Waals surface area contributed by atoms with E-state index in [1.54, 1.807) is 0 Å². The van der Waals surface area contributed by atoms with E-state index in [0.29, 0.717) is 23.9 Å². The Hall–Kier alpha value is -0.630. The summed E-state index contributed by atoms with van der Waals surface area (Å²) < 4.78 is 27.2. The molecule has 1 aromatic carbocycles. The fourth-order valence-electron chi connectivity index (χ4n) is 1.67. The molecule has 0 bridgehead atoms. The number of thiazole rings is 1. The minimum absolute atomic E-state index is 0.0610. The number of nitrogens with zero attached hydrogens (tertiary/aromatic N) is 1. The molecule has 1 aromatic heterocycles. The first-order valence-corrected chi connectivity index (χ1v) is 10.1. The van der Waals surface area contributed by atoms with Gasteiger partial charge in [0, 0.05) is 21.3 Å². The van der Waals surface area contributed by atoms with Crippen LogP contribution in [-0.2, 0) is 10.0 Å². The monoisotopic (exact) mass is 408 g/mol. The van der Waals surface area contributed by atoms with Crippen molar-refractivity contribution >= 4 is 54.0 Å². The van der Waals surface area contributed by atoms with Gasteiger partial charge < -0.3 is 0 Å². The molecule has 2 aromatic rings. The molecule has 0 spiro atoms. The molecule has 0 atom stereocenters. The van der Waals surface area contributed by atoms with Gasteiger partial charge in [0.05, 0.1) is 11.4 Å². The number of hydrogen-bond acceptors (Lipinski definition) is 4. The van der Waals surface area contributed by atoms with Crippen LogP contribution in [0.4, 0.5) is 5.13 Å². The second kappa shape index (κ2) is 7.58. The lowest BCUT2D eigenvalue weighted by atomic mass is 10.2. The summed E-state index contributed by atoms with van der Waals surface area (Å²) in [4.78, 5) is 4.32. The lowest BCUT2D eigenvalue weighted by Gasteiger charge is -2.04. The van der Waals surface area contributed by atoms with Crippen molar-refractivity contribution in [2.75, 3.05) is 16.4 Å². The first kappa shape index (κ1) is 16.7. The Morgan fingerprint density at radius 2 is 2.14 bits per heavy atom. The van der Waals surface area contributed by atoms with E-state index in [4.69, 9.17) is 11.6 Å². The molecule has 0 radical (unpaired) electrons. The molecule has 8 heteroatoms. The van der Waals surface area contributed by atoms with Gasteiger partial charge in [0.2, 0.25) is 10.0 Å². The van der Waals surface area contributed by atoms with E-state index >= 15 is 0 Å². The van der Waals surface area contributed by atoms with Crippen molar-refractivity contribution in [3.63, 3.8) is 0 Å². The first-order chi connectivity index (χ1) is 10.00. The summed E-state index contributed by atoms with van der Waals surface area (Å²) in [7, 11) is -3.35. The van der Waals surface area contributed by atoms with E-state index < -0.39 is 10.0 Å². The van der Waals surface area contributed by atoms with Crippen LogP contribution < -0.4 is 4.72 Å². The molecule has 0 saturated carbocycles. The number of benzene rings is 1. The smallest absolute Gasteiger partial charge is 0.234 e. The van der Waals surface area contributed by atoms with Gasteiger partial charge in [-0.2, -0.15) is 0 Å². The third-order valence-electron chi connectivity index (χ3n) is 2.66. The third-order valence-corrected chi connectivity index (χ3v) is 5.64. The molecule has 0 amide bonds. The van der Waals surface area contributed by atoms with Crippen LogP contribution >= 0.6 is 38.9 Å². The van der Waals surface area contributed by atoms with E-state index in [0.717, 1.165) is 15.7 Å². The number of halogens is 2. The molecule has 0 aliphatic rings. The van der Waals surface area contributed by atoms with Gasteiger partial charge in [-0.1, -0.05) is 28.1 Å². The number of rotatable bonds is 7. The molecule has 2 rings (SSSR count). The van der Waals surface area contributed by atoms with Gasteiger partial charge in [0.1, 0.15) is 0 Å². The first-order valence-electron chi connectivity index (χ1n) is 6.28. The summed E-state index contributed by atoms with van der Waals surface area (Å²) in [6.07, 6.45) is 1.23. The maximum atomic E-state index is 11.9. The highest BCUT2D eigenvalue weighted by molar-refractivity contribution is 9.10. The maximum absolute atomic E-state index is 11.9. The van der Waals surface area contributed by atoms with Gasteiger partial charge in [-0.15, -0.1) is 22.9 Å². The summed E-state index contributed by atoms with van der Waals surface area (Å²) in [5.74, 6) is 0.533. The minimum Gasteiger partial charge on any atom is -0.259 e. The topological polar surface area (TPSA) is 59.1 Å². The van der Waals surface area contributed by atoms with E-state index in [1.807, 2.05) is 29.6 Å². The van der Waals surface area contributed by atoms with Crippen LogP contribution in [0.15, 0.2) is 34.1 Å². The van der Waals surface area contributed by atoms with Crippen LogP contribution in [0.1, 0.15) is 12.8 Å². The molecule has 4 nitrogen and oxygen atoms in total. The molecule has 1 N–H and O–H groups in total. The van der Waals surface area contributed by atoms with Crippen molar-refractivity contribution in [2.24, 2.45) is 0 Å². The van der Waals surface area contributed by atoms with Crippen molar-refractivity contribution in [1.82, 2.24) is 4.98 Å². The van der Waals surface area contributed by atoms with E-state index in [9.17, 15) is 8.42 Å². The Morgan fingerprint density at radius 3 is 2.86 bits per heavy atom. The molecule has 1 heterocycles. The Morgan fingerprint density at radius 1 is 1.33 bits per heavy atom. The number of anilines is 1. The highest BCUT2D eigenvalue weighted by Crippen LogP contribution is 2.27. The van der Waals surface area contributed by atoms with Crippen LogP contribution in [0, 0.1) is 0 Å². The molecular weight excluding hydrogens is 396 g/mol. The predicted molar refractivity (Wildman–Crippen MR) is 92.6 cm³/mol. The zero-order valence-corrected chi connectivity index (χ0v) is 15.0. The minimum atomic E-state index is -3.35. The molecule has 0 unspecified atom stereocenters. The molecule has 0 fully saturated rings. The highest BCUT2D eigenvalue weighted by atomic mass is 79.9. The van der Waals surface area contributed by atoms with Gasteiger partial charge in [-0.05, 0) is 25.0 Å². The quantitative estimate of drug-likeness (QED) is 0.547. The maximum Gasteiger partial charge on any atom is 0.234 e. The molecule has 0 aliphatic heterocycles. The Bertz CT molecular complexity index is 704. The number of hydrogen-bond donors (Lipinski definition) is 1. The summed E-state index contributed by atoms with van der Waals surface area (Å²) >= 11 is 10.2. The van der Waals surface area contributed by atoms with Gasteiger partial charge in [0.25, 0.3) is 0 Å². The lowest BCUT2D eigenvalue weighted by Crippen LogP contribution is -2.16. The predicted octanol–water partition coefficient (Wildman–Crippen LogP) is 4.33. The van der Waals surface area contributed by atoms with E-state index in [2.05, 4.69) is 25.6 Å². The number of sulfonamides is 1. The van der Waals surface area contributed by atoms with Gasteiger partial charge in [0.15, 0.2) is 5.13 Å². The fourth-order valence-corrected chi connectivity index (χ4v) is 4.39. The fraction of sp³-hybridized carbons (Fsp3) is 0.308. The molecule has 114 valence electrons. The summed E-state index contributed by atoms with van der Waals surface area (Å²) in [5, 5.41) is 2.22. The van der Waals surface area contributed by atoms with Crippen molar-refractivity contribution in [2.45, 2.75) is 12.8 Å². The summed E-state index contributed by atoms with van der Waals surface area (Å²) in [6.45, 7) is 0. The third kappa shape index (κ3) is 5.25. The van der Waals surface area contributed by atoms with Gasteiger partial charge in [-0.3, -0.25) is 4.72 Å². The highest BCUT2D eigenvalue weighted by Gasteiger charge is 2.13. The average molecular weight is 410 g/mol. The summed E-state index contributed by atoms with van der Waals surface area (Å²) in [6, 6.07) is 7.71.